The van der Waals surface area contributed by atoms with Crippen molar-refractivity contribution in [2.24, 2.45) is 5.92 Å². The standard InChI is InChI=1S/C15H21N3/c1-10(2)12-4-3-5-13-15(12)18-14(17-13)8-11-6-7-16-9-11/h3-5,10-11,16H,6-9H2,1-2H3,(H,17,18). The molecular weight excluding hydrogens is 222 g/mol. The lowest BCUT2D eigenvalue weighted by molar-refractivity contribution is 0.565. The molecule has 3 rings (SSSR count). The number of hydrogen-bond donors (Lipinski definition) is 2. The van der Waals surface area contributed by atoms with E-state index in [-0.39, 0.29) is 0 Å². The summed E-state index contributed by atoms with van der Waals surface area (Å²) in [6.07, 6.45) is 2.34. The highest BCUT2D eigenvalue weighted by Gasteiger charge is 2.17. The van der Waals surface area contributed by atoms with Crippen molar-refractivity contribution in [3.63, 3.8) is 0 Å². The molecule has 0 spiro atoms. The van der Waals surface area contributed by atoms with Gasteiger partial charge in [-0.25, -0.2) is 4.98 Å². The SMILES string of the molecule is CC(C)c1cccc2[nH]c(CC3CCNC3)nc12. The van der Waals surface area contributed by atoms with Crippen molar-refractivity contribution in [2.45, 2.75) is 32.6 Å². The van der Waals surface area contributed by atoms with Crippen LogP contribution in [0.25, 0.3) is 11.0 Å². The number of aromatic nitrogens is 2. The van der Waals surface area contributed by atoms with Crippen LogP contribution in [0.2, 0.25) is 0 Å². The summed E-state index contributed by atoms with van der Waals surface area (Å²) in [6, 6.07) is 6.44. The van der Waals surface area contributed by atoms with Crippen molar-refractivity contribution in [2.75, 3.05) is 13.1 Å². The fraction of sp³-hybridized carbons (Fsp3) is 0.533. The first kappa shape index (κ1) is 11.7. The number of nitrogens with one attached hydrogen (secondary N) is 2. The van der Waals surface area contributed by atoms with Crippen LogP contribution in [0.3, 0.4) is 0 Å². The van der Waals surface area contributed by atoms with Crippen LogP contribution in [-0.4, -0.2) is 23.1 Å². The summed E-state index contributed by atoms with van der Waals surface area (Å²) in [5.74, 6) is 2.41. The summed E-state index contributed by atoms with van der Waals surface area (Å²) in [4.78, 5) is 8.29. The fourth-order valence-electron chi connectivity index (χ4n) is 2.83. The Balaban J connectivity index is 1.92. The maximum Gasteiger partial charge on any atom is 0.107 e. The van der Waals surface area contributed by atoms with Crippen LogP contribution >= 0.6 is 0 Å². The second kappa shape index (κ2) is 4.73. The van der Waals surface area contributed by atoms with E-state index in [1.807, 2.05) is 0 Å². The van der Waals surface area contributed by atoms with Crippen LogP contribution in [-0.2, 0) is 6.42 Å². The van der Waals surface area contributed by atoms with E-state index in [0.717, 1.165) is 36.8 Å². The van der Waals surface area contributed by atoms with E-state index in [9.17, 15) is 0 Å². The average molecular weight is 243 g/mol. The third-order valence-electron chi connectivity index (χ3n) is 3.86. The number of H-pyrrole nitrogens is 1. The molecule has 2 N–H and O–H groups in total. The number of aromatic amines is 1. The van der Waals surface area contributed by atoms with Crippen molar-refractivity contribution in [3.05, 3.63) is 29.6 Å². The Kier molecular flexibility index (Phi) is 3.08. The van der Waals surface area contributed by atoms with Crippen LogP contribution in [0.15, 0.2) is 18.2 Å². The van der Waals surface area contributed by atoms with E-state index in [1.54, 1.807) is 0 Å². The monoisotopic (exact) mass is 243 g/mol. The van der Waals surface area contributed by atoms with Crippen LogP contribution in [0.4, 0.5) is 0 Å². The first-order valence-electron chi connectivity index (χ1n) is 6.92. The molecule has 0 radical (unpaired) electrons. The highest BCUT2D eigenvalue weighted by atomic mass is 14.9. The molecular formula is C15H21N3. The van der Waals surface area contributed by atoms with Gasteiger partial charge < -0.3 is 10.3 Å². The summed E-state index contributed by atoms with van der Waals surface area (Å²) in [6.45, 7) is 6.74. The molecule has 1 aliphatic rings. The van der Waals surface area contributed by atoms with E-state index >= 15 is 0 Å². The van der Waals surface area contributed by atoms with Gasteiger partial charge in [0.2, 0.25) is 0 Å². The molecule has 1 saturated heterocycles. The highest BCUT2D eigenvalue weighted by molar-refractivity contribution is 5.79. The van der Waals surface area contributed by atoms with Gasteiger partial charge in [-0.2, -0.15) is 0 Å². The molecule has 1 aromatic heterocycles. The minimum Gasteiger partial charge on any atom is -0.342 e. The van der Waals surface area contributed by atoms with Gasteiger partial charge in [0.15, 0.2) is 0 Å². The molecule has 96 valence electrons. The van der Waals surface area contributed by atoms with Crippen molar-refractivity contribution in [3.8, 4) is 0 Å². The van der Waals surface area contributed by atoms with Crippen LogP contribution in [0.1, 0.15) is 37.6 Å². The first-order chi connectivity index (χ1) is 8.74. The molecule has 0 bridgehead atoms. The summed E-state index contributed by atoms with van der Waals surface area (Å²) < 4.78 is 0. The number of hydrogen-bond acceptors (Lipinski definition) is 2. The van der Waals surface area contributed by atoms with Gasteiger partial charge in [-0.3, -0.25) is 0 Å². The Hall–Kier alpha value is -1.35. The van der Waals surface area contributed by atoms with E-state index < -0.39 is 0 Å². The lowest BCUT2D eigenvalue weighted by Gasteiger charge is -2.05. The molecule has 18 heavy (non-hydrogen) atoms. The Morgan fingerprint density at radius 2 is 2.28 bits per heavy atom. The lowest BCUT2D eigenvalue weighted by atomic mass is 10.0. The number of imidazole rings is 1. The van der Waals surface area contributed by atoms with Crippen molar-refractivity contribution in [1.82, 2.24) is 15.3 Å². The van der Waals surface area contributed by atoms with Gasteiger partial charge in [0.1, 0.15) is 5.82 Å². The van der Waals surface area contributed by atoms with E-state index in [4.69, 9.17) is 4.98 Å². The van der Waals surface area contributed by atoms with Crippen LogP contribution < -0.4 is 5.32 Å². The molecule has 3 nitrogen and oxygen atoms in total. The summed E-state index contributed by atoms with van der Waals surface area (Å²) in [5.41, 5.74) is 3.69. The zero-order valence-corrected chi connectivity index (χ0v) is 11.2. The van der Waals surface area contributed by atoms with Gasteiger partial charge >= 0.3 is 0 Å². The van der Waals surface area contributed by atoms with Gasteiger partial charge in [0.05, 0.1) is 11.0 Å². The molecule has 3 heteroatoms. The third kappa shape index (κ3) is 2.15. The molecule has 1 aromatic carbocycles. The smallest absolute Gasteiger partial charge is 0.107 e. The molecule has 2 heterocycles. The Morgan fingerprint density at radius 1 is 1.39 bits per heavy atom. The number of fused-ring (bicyclic) bond motifs is 1. The van der Waals surface area contributed by atoms with Gasteiger partial charge in [-0.1, -0.05) is 26.0 Å². The van der Waals surface area contributed by atoms with Gasteiger partial charge in [-0.15, -0.1) is 0 Å². The van der Waals surface area contributed by atoms with Gasteiger partial charge in [0.25, 0.3) is 0 Å². The first-order valence-corrected chi connectivity index (χ1v) is 6.92. The largest absolute Gasteiger partial charge is 0.342 e. The van der Waals surface area contributed by atoms with Gasteiger partial charge in [0, 0.05) is 6.42 Å². The predicted octanol–water partition coefficient (Wildman–Crippen LogP) is 2.84. The average Bonchev–Trinajstić information content (AvgIpc) is 2.96. The number of nitrogens with zero attached hydrogens (tertiary/aromatic N) is 1. The molecule has 0 amide bonds. The topological polar surface area (TPSA) is 40.7 Å². The maximum atomic E-state index is 4.81. The Morgan fingerprint density at radius 3 is 3.00 bits per heavy atom. The molecule has 1 atom stereocenters. The Labute approximate surface area is 108 Å². The summed E-state index contributed by atoms with van der Waals surface area (Å²) in [5, 5.41) is 3.41. The minimum atomic E-state index is 0.526. The van der Waals surface area contributed by atoms with Gasteiger partial charge in [-0.05, 0) is 43.0 Å². The molecule has 0 aliphatic carbocycles. The summed E-state index contributed by atoms with van der Waals surface area (Å²) in [7, 11) is 0. The van der Waals surface area contributed by atoms with Crippen molar-refractivity contribution >= 4 is 11.0 Å². The lowest BCUT2D eigenvalue weighted by Crippen LogP contribution is -2.11. The molecule has 1 fully saturated rings. The second-order valence-corrected chi connectivity index (χ2v) is 5.64. The number of para-hydroxylation sites is 1. The number of benzene rings is 1. The molecule has 2 aromatic rings. The molecule has 0 saturated carbocycles. The normalized spacial score (nSPS) is 20.1. The molecule has 1 aliphatic heterocycles. The quantitative estimate of drug-likeness (QED) is 0.870. The Bertz CT molecular complexity index is 536. The molecule has 1 unspecified atom stereocenters. The maximum absolute atomic E-state index is 4.81. The minimum absolute atomic E-state index is 0.526. The third-order valence-corrected chi connectivity index (χ3v) is 3.86. The van der Waals surface area contributed by atoms with E-state index in [0.29, 0.717) is 5.92 Å². The summed E-state index contributed by atoms with van der Waals surface area (Å²) >= 11 is 0. The predicted molar refractivity (Wildman–Crippen MR) is 74.9 cm³/mol. The zero-order valence-electron chi connectivity index (χ0n) is 11.2. The highest BCUT2D eigenvalue weighted by Crippen LogP contribution is 2.24. The van der Waals surface area contributed by atoms with Crippen molar-refractivity contribution < 1.29 is 0 Å². The van der Waals surface area contributed by atoms with Crippen LogP contribution in [0, 0.1) is 5.92 Å². The van der Waals surface area contributed by atoms with E-state index in [2.05, 4.69) is 42.3 Å². The zero-order chi connectivity index (χ0) is 12.5. The van der Waals surface area contributed by atoms with Crippen molar-refractivity contribution in [1.29, 1.82) is 0 Å². The second-order valence-electron chi connectivity index (χ2n) is 5.64. The number of rotatable bonds is 3. The van der Waals surface area contributed by atoms with E-state index in [1.165, 1.54) is 17.5 Å². The van der Waals surface area contributed by atoms with Crippen LogP contribution in [0.5, 0.6) is 0 Å². The fourth-order valence-corrected chi connectivity index (χ4v) is 2.83.